The molecule has 1 aliphatic rings. The Balaban J connectivity index is 2.20. The molecule has 0 saturated carbocycles. The van der Waals surface area contributed by atoms with Crippen molar-refractivity contribution in [3.05, 3.63) is 11.6 Å². The molecule has 0 bridgehead atoms. The molecule has 1 aliphatic heterocycles. The highest BCUT2D eigenvalue weighted by molar-refractivity contribution is 5.03. The van der Waals surface area contributed by atoms with E-state index >= 15 is 0 Å². The second kappa shape index (κ2) is 4.28. The first kappa shape index (κ1) is 10.6. The summed E-state index contributed by atoms with van der Waals surface area (Å²) in [6, 6.07) is 0.160. The molecule has 0 aliphatic carbocycles. The van der Waals surface area contributed by atoms with Gasteiger partial charge in [-0.05, 0) is 19.8 Å². The van der Waals surface area contributed by atoms with Crippen LogP contribution in [0.2, 0.25) is 0 Å². The molecule has 1 aromatic heterocycles. The summed E-state index contributed by atoms with van der Waals surface area (Å²) in [4.78, 5) is 0. The molecule has 0 amide bonds. The molecule has 1 fully saturated rings. The smallest absolute Gasteiger partial charge is 0.150 e. The number of hydrogen-bond donors (Lipinski definition) is 2. The molecule has 2 N–H and O–H groups in total. The number of nitrogens with zero attached hydrogens (tertiary/aromatic N) is 3. The van der Waals surface area contributed by atoms with Crippen molar-refractivity contribution in [2.24, 2.45) is 0 Å². The Bertz CT molecular complexity index is 336. The fourth-order valence-corrected chi connectivity index (χ4v) is 2.07. The highest BCUT2D eigenvalue weighted by Crippen LogP contribution is 2.22. The summed E-state index contributed by atoms with van der Waals surface area (Å²) in [6.07, 6.45) is 1.56. The Morgan fingerprint density at radius 3 is 2.93 bits per heavy atom. The fraction of sp³-hybridized carbons (Fsp3) is 0.800. The molecule has 0 spiro atoms. The van der Waals surface area contributed by atoms with Crippen molar-refractivity contribution in [2.45, 2.75) is 45.4 Å². The van der Waals surface area contributed by atoms with Gasteiger partial charge in [-0.15, -0.1) is 10.2 Å². The van der Waals surface area contributed by atoms with E-state index in [9.17, 15) is 5.11 Å². The lowest BCUT2D eigenvalue weighted by Gasteiger charge is -2.12. The molecule has 0 aromatic carbocycles. The number of aliphatic hydroxyl groups excluding tert-OH is 1. The van der Waals surface area contributed by atoms with E-state index in [4.69, 9.17) is 0 Å². The third kappa shape index (κ3) is 2.03. The van der Waals surface area contributed by atoms with E-state index in [1.165, 1.54) is 0 Å². The van der Waals surface area contributed by atoms with E-state index < -0.39 is 0 Å². The average Bonchev–Trinajstić information content (AvgIpc) is 2.76. The molecule has 0 unspecified atom stereocenters. The number of aliphatic hydroxyl groups is 1. The van der Waals surface area contributed by atoms with Crippen molar-refractivity contribution in [2.75, 3.05) is 6.54 Å². The fourth-order valence-electron chi connectivity index (χ4n) is 2.07. The normalized spacial score (nSPS) is 26.1. The van der Waals surface area contributed by atoms with Crippen molar-refractivity contribution in [1.29, 1.82) is 0 Å². The van der Waals surface area contributed by atoms with Crippen LogP contribution in [0.25, 0.3) is 0 Å². The number of aromatic nitrogens is 3. The van der Waals surface area contributed by atoms with Gasteiger partial charge in [-0.3, -0.25) is 0 Å². The summed E-state index contributed by atoms with van der Waals surface area (Å²) in [6.45, 7) is 5.71. The van der Waals surface area contributed by atoms with Crippen LogP contribution in [0.3, 0.4) is 0 Å². The van der Waals surface area contributed by atoms with Crippen LogP contribution in [0.4, 0.5) is 0 Å². The first-order chi connectivity index (χ1) is 7.22. The predicted molar refractivity (Wildman–Crippen MR) is 56.4 cm³/mol. The summed E-state index contributed by atoms with van der Waals surface area (Å²) in [5.74, 6) is 1.92. The summed E-state index contributed by atoms with van der Waals surface area (Å²) in [5, 5.41) is 21.0. The van der Waals surface area contributed by atoms with Crippen LogP contribution in [0, 0.1) is 6.92 Å². The van der Waals surface area contributed by atoms with Gasteiger partial charge in [0, 0.05) is 13.1 Å². The highest BCUT2D eigenvalue weighted by atomic mass is 16.3. The van der Waals surface area contributed by atoms with Gasteiger partial charge in [0.2, 0.25) is 0 Å². The second-order valence-electron chi connectivity index (χ2n) is 4.11. The van der Waals surface area contributed by atoms with Gasteiger partial charge < -0.3 is 15.0 Å². The van der Waals surface area contributed by atoms with E-state index in [-0.39, 0.29) is 12.1 Å². The Hall–Kier alpha value is -0.940. The molecular weight excluding hydrogens is 192 g/mol. The van der Waals surface area contributed by atoms with Crippen LogP contribution < -0.4 is 5.32 Å². The molecule has 15 heavy (non-hydrogen) atoms. The highest BCUT2D eigenvalue weighted by Gasteiger charge is 2.27. The topological polar surface area (TPSA) is 63.0 Å². The van der Waals surface area contributed by atoms with Crippen molar-refractivity contribution >= 4 is 0 Å². The van der Waals surface area contributed by atoms with Crippen molar-refractivity contribution in [3.8, 4) is 0 Å². The van der Waals surface area contributed by atoms with Crippen molar-refractivity contribution in [3.63, 3.8) is 0 Å². The van der Waals surface area contributed by atoms with E-state index in [1.54, 1.807) is 0 Å². The largest absolute Gasteiger partial charge is 0.392 e. The SMILES string of the molecule is CCCn1c(C)nnc1[C@H]1C[C@@H](O)CN1. The maximum atomic E-state index is 9.47. The van der Waals surface area contributed by atoms with Gasteiger partial charge >= 0.3 is 0 Å². The summed E-state index contributed by atoms with van der Waals surface area (Å²) < 4.78 is 2.13. The van der Waals surface area contributed by atoms with Gasteiger partial charge in [-0.25, -0.2) is 0 Å². The molecule has 1 aromatic rings. The predicted octanol–water partition coefficient (Wildman–Crippen LogP) is 0.392. The zero-order valence-electron chi connectivity index (χ0n) is 9.27. The maximum absolute atomic E-state index is 9.47. The van der Waals surface area contributed by atoms with Crippen LogP contribution in [0.15, 0.2) is 0 Å². The van der Waals surface area contributed by atoms with E-state index in [1.807, 2.05) is 6.92 Å². The van der Waals surface area contributed by atoms with E-state index in [0.717, 1.165) is 31.0 Å². The Morgan fingerprint density at radius 2 is 2.33 bits per heavy atom. The zero-order valence-corrected chi connectivity index (χ0v) is 9.27. The average molecular weight is 210 g/mol. The molecule has 2 heterocycles. The summed E-state index contributed by atoms with van der Waals surface area (Å²) in [7, 11) is 0. The first-order valence-corrected chi connectivity index (χ1v) is 5.53. The minimum absolute atomic E-state index is 0.160. The van der Waals surface area contributed by atoms with E-state index in [0.29, 0.717) is 6.54 Å². The van der Waals surface area contributed by atoms with E-state index in [2.05, 4.69) is 27.0 Å². The maximum Gasteiger partial charge on any atom is 0.150 e. The minimum atomic E-state index is -0.248. The molecule has 2 atom stereocenters. The summed E-state index contributed by atoms with van der Waals surface area (Å²) in [5.41, 5.74) is 0. The summed E-state index contributed by atoms with van der Waals surface area (Å²) >= 11 is 0. The monoisotopic (exact) mass is 210 g/mol. The van der Waals surface area contributed by atoms with Gasteiger partial charge in [0.05, 0.1) is 12.1 Å². The third-order valence-corrected chi connectivity index (χ3v) is 2.83. The minimum Gasteiger partial charge on any atom is -0.392 e. The standard InChI is InChI=1S/C10H18N4O/c1-3-4-14-7(2)12-13-10(14)9-5-8(15)6-11-9/h8-9,11,15H,3-6H2,1-2H3/t8-,9-/m1/s1. The molecule has 0 radical (unpaired) electrons. The lowest BCUT2D eigenvalue weighted by atomic mass is 10.2. The van der Waals surface area contributed by atoms with Crippen LogP contribution in [-0.2, 0) is 6.54 Å². The van der Waals surface area contributed by atoms with Gasteiger partial charge in [0.15, 0.2) is 0 Å². The van der Waals surface area contributed by atoms with Crippen LogP contribution in [0.5, 0.6) is 0 Å². The number of β-amino-alcohol motifs (C(OH)–C–C–N with tert-alkyl or cyclic N) is 1. The van der Waals surface area contributed by atoms with Crippen LogP contribution >= 0.6 is 0 Å². The lowest BCUT2D eigenvalue weighted by molar-refractivity contribution is 0.192. The Labute approximate surface area is 89.5 Å². The molecule has 5 heteroatoms. The molecule has 84 valence electrons. The van der Waals surface area contributed by atoms with Gasteiger partial charge in [0.25, 0.3) is 0 Å². The molecule has 2 rings (SSSR count). The van der Waals surface area contributed by atoms with Gasteiger partial charge in [0.1, 0.15) is 11.6 Å². The van der Waals surface area contributed by atoms with Crippen molar-refractivity contribution < 1.29 is 5.11 Å². The lowest BCUT2D eigenvalue weighted by Crippen LogP contribution is -2.19. The third-order valence-electron chi connectivity index (χ3n) is 2.83. The van der Waals surface area contributed by atoms with Gasteiger partial charge in [-0.2, -0.15) is 0 Å². The Morgan fingerprint density at radius 1 is 1.53 bits per heavy atom. The molecule has 1 saturated heterocycles. The number of nitrogens with one attached hydrogen (secondary N) is 1. The van der Waals surface area contributed by atoms with Crippen LogP contribution in [0.1, 0.15) is 37.5 Å². The zero-order chi connectivity index (χ0) is 10.8. The Kier molecular flexibility index (Phi) is 3.02. The number of hydrogen-bond acceptors (Lipinski definition) is 4. The quantitative estimate of drug-likeness (QED) is 0.757. The number of aryl methyl sites for hydroxylation is 1. The molecule has 5 nitrogen and oxygen atoms in total. The molecular formula is C10H18N4O. The van der Waals surface area contributed by atoms with Crippen LogP contribution in [-0.4, -0.2) is 32.5 Å². The van der Waals surface area contributed by atoms with Gasteiger partial charge in [-0.1, -0.05) is 6.92 Å². The second-order valence-corrected chi connectivity index (χ2v) is 4.11. The first-order valence-electron chi connectivity index (χ1n) is 5.53. The number of rotatable bonds is 3. The van der Waals surface area contributed by atoms with Crippen molar-refractivity contribution in [1.82, 2.24) is 20.1 Å².